The molecule has 2 aromatic carbocycles. The fourth-order valence-corrected chi connectivity index (χ4v) is 2.96. The number of amides is 1. The Kier molecular flexibility index (Phi) is 6.67. The highest BCUT2D eigenvalue weighted by Crippen LogP contribution is 2.14. The predicted octanol–water partition coefficient (Wildman–Crippen LogP) is 3.50. The van der Waals surface area contributed by atoms with E-state index in [1.54, 1.807) is 6.92 Å². The van der Waals surface area contributed by atoms with E-state index >= 15 is 0 Å². The average Bonchev–Trinajstić information content (AvgIpc) is 2.75. The number of benzene rings is 2. The lowest BCUT2D eigenvalue weighted by Crippen LogP contribution is -2.36. The molecule has 0 saturated carbocycles. The number of ether oxygens (including phenoxy) is 1. The maximum Gasteiger partial charge on any atom is 0.271 e. The maximum atomic E-state index is 12.4. The van der Waals surface area contributed by atoms with Gasteiger partial charge in [0.1, 0.15) is 0 Å². The number of rotatable bonds is 7. The van der Waals surface area contributed by atoms with Crippen LogP contribution in [0.5, 0.6) is 5.88 Å². The van der Waals surface area contributed by atoms with Gasteiger partial charge in [-0.15, -0.1) is 5.10 Å². The van der Waals surface area contributed by atoms with Crippen molar-refractivity contribution in [2.75, 3.05) is 0 Å². The third-order valence-electron chi connectivity index (χ3n) is 5.08. The van der Waals surface area contributed by atoms with Gasteiger partial charge in [0.15, 0.2) is 6.10 Å². The van der Waals surface area contributed by atoms with E-state index in [4.69, 9.17) is 4.74 Å². The molecule has 0 aliphatic carbocycles. The minimum Gasteiger partial charge on any atom is -0.464 e. The van der Waals surface area contributed by atoms with Crippen LogP contribution in [-0.2, 0) is 17.8 Å². The van der Waals surface area contributed by atoms with E-state index in [-0.39, 0.29) is 17.3 Å². The minimum atomic E-state index is -0.752. The van der Waals surface area contributed by atoms with Crippen molar-refractivity contribution in [3.63, 3.8) is 0 Å². The lowest BCUT2D eigenvalue weighted by Gasteiger charge is -2.15. The van der Waals surface area contributed by atoms with Gasteiger partial charge in [0.25, 0.3) is 11.5 Å². The minimum absolute atomic E-state index is 0.211. The predicted molar refractivity (Wildman–Crippen MR) is 117 cm³/mol. The second kappa shape index (κ2) is 9.39. The first-order valence-corrected chi connectivity index (χ1v) is 10.1. The number of hydrogen-bond acceptors (Lipinski definition) is 4. The summed E-state index contributed by atoms with van der Waals surface area (Å²) in [4.78, 5) is 24.7. The standard InChI is InChI=1S/C24H27N3O3/c1-5-19-7-9-20(10-8-19)15-25-24(29)18(4)30-22-12-13-23(28)27(26-22)21-11-6-16(2)17(3)14-21/h6-14,18H,5,15H2,1-4H3,(H,25,29). The fraction of sp³-hybridized carbons (Fsp3) is 0.292. The van der Waals surface area contributed by atoms with Crippen LogP contribution in [0.3, 0.4) is 0 Å². The first-order chi connectivity index (χ1) is 14.4. The van der Waals surface area contributed by atoms with Crippen LogP contribution in [0.1, 0.15) is 36.1 Å². The van der Waals surface area contributed by atoms with Crippen molar-refractivity contribution in [3.05, 3.63) is 87.2 Å². The van der Waals surface area contributed by atoms with Crippen LogP contribution < -0.4 is 15.6 Å². The summed E-state index contributed by atoms with van der Waals surface area (Å²) in [6.45, 7) is 8.17. The molecule has 6 nitrogen and oxygen atoms in total. The lowest BCUT2D eigenvalue weighted by atomic mass is 10.1. The Labute approximate surface area is 176 Å². The number of aromatic nitrogens is 2. The smallest absolute Gasteiger partial charge is 0.271 e. The highest BCUT2D eigenvalue weighted by atomic mass is 16.5. The molecule has 0 aliphatic rings. The summed E-state index contributed by atoms with van der Waals surface area (Å²) >= 11 is 0. The van der Waals surface area contributed by atoms with Crippen molar-refractivity contribution in [2.45, 2.75) is 46.8 Å². The van der Waals surface area contributed by atoms with Crippen molar-refractivity contribution in [1.82, 2.24) is 15.1 Å². The SMILES string of the molecule is CCc1ccc(CNC(=O)C(C)Oc2ccc(=O)n(-c3ccc(C)c(C)c3)n2)cc1. The van der Waals surface area contributed by atoms with Gasteiger partial charge in [-0.25, -0.2) is 0 Å². The number of aryl methyl sites for hydroxylation is 3. The molecule has 1 atom stereocenters. The molecular formula is C24H27N3O3. The Bertz CT molecular complexity index is 1090. The topological polar surface area (TPSA) is 73.2 Å². The highest BCUT2D eigenvalue weighted by molar-refractivity contribution is 5.80. The van der Waals surface area contributed by atoms with Gasteiger partial charge in [-0.1, -0.05) is 37.3 Å². The van der Waals surface area contributed by atoms with Crippen LogP contribution in [0.2, 0.25) is 0 Å². The molecule has 1 amide bonds. The largest absolute Gasteiger partial charge is 0.464 e. The summed E-state index contributed by atoms with van der Waals surface area (Å²) < 4.78 is 6.97. The van der Waals surface area contributed by atoms with E-state index in [2.05, 4.69) is 29.5 Å². The Balaban J connectivity index is 1.66. The Morgan fingerprint density at radius 2 is 1.73 bits per heavy atom. The number of hydrogen-bond donors (Lipinski definition) is 1. The summed E-state index contributed by atoms with van der Waals surface area (Å²) in [7, 11) is 0. The average molecular weight is 405 g/mol. The second-order valence-electron chi connectivity index (χ2n) is 7.34. The van der Waals surface area contributed by atoms with E-state index in [0.29, 0.717) is 12.2 Å². The van der Waals surface area contributed by atoms with Gasteiger partial charge >= 0.3 is 0 Å². The quantitative estimate of drug-likeness (QED) is 0.653. The zero-order valence-corrected chi connectivity index (χ0v) is 17.8. The van der Waals surface area contributed by atoms with Crippen molar-refractivity contribution in [3.8, 4) is 11.6 Å². The molecule has 1 aromatic heterocycles. The maximum absolute atomic E-state index is 12.4. The zero-order valence-electron chi connectivity index (χ0n) is 17.8. The van der Waals surface area contributed by atoms with E-state index in [1.807, 2.05) is 44.2 Å². The first-order valence-electron chi connectivity index (χ1n) is 10.1. The summed E-state index contributed by atoms with van der Waals surface area (Å²) in [5.41, 5.74) is 4.86. The van der Waals surface area contributed by atoms with Crippen molar-refractivity contribution in [1.29, 1.82) is 0 Å². The normalized spacial score (nSPS) is 11.7. The summed E-state index contributed by atoms with van der Waals surface area (Å²) in [6.07, 6.45) is 0.229. The van der Waals surface area contributed by atoms with Crippen LogP contribution in [0.15, 0.2) is 59.4 Å². The second-order valence-corrected chi connectivity index (χ2v) is 7.34. The molecule has 0 spiro atoms. The Morgan fingerprint density at radius 1 is 1.03 bits per heavy atom. The third kappa shape index (κ3) is 5.14. The van der Waals surface area contributed by atoms with E-state index in [1.165, 1.54) is 22.4 Å². The molecule has 0 saturated heterocycles. The molecule has 0 radical (unpaired) electrons. The van der Waals surface area contributed by atoms with Crippen LogP contribution in [-0.4, -0.2) is 21.8 Å². The molecule has 0 bridgehead atoms. The van der Waals surface area contributed by atoms with Gasteiger partial charge < -0.3 is 10.1 Å². The monoisotopic (exact) mass is 405 g/mol. The molecular weight excluding hydrogens is 378 g/mol. The number of carbonyl (C=O) groups excluding carboxylic acids is 1. The lowest BCUT2D eigenvalue weighted by molar-refractivity contribution is -0.127. The van der Waals surface area contributed by atoms with Gasteiger partial charge in [0.05, 0.1) is 5.69 Å². The molecule has 6 heteroatoms. The summed E-state index contributed by atoms with van der Waals surface area (Å²) in [6, 6.07) is 16.7. The van der Waals surface area contributed by atoms with Crippen LogP contribution in [0.4, 0.5) is 0 Å². The van der Waals surface area contributed by atoms with Crippen molar-refractivity contribution in [2.24, 2.45) is 0 Å². The summed E-state index contributed by atoms with van der Waals surface area (Å²) in [5, 5.41) is 7.14. The molecule has 1 heterocycles. The molecule has 30 heavy (non-hydrogen) atoms. The number of carbonyl (C=O) groups is 1. The number of nitrogens with zero attached hydrogens (tertiary/aromatic N) is 2. The Hall–Kier alpha value is -3.41. The molecule has 0 fully saturated rings. The van der Waals surface area contributed by atoms with E-state index < -0.39 is 6.10 Å². The molecule has 3 aromatic rings. The molecule has 1 N–H and O–H groups in total. The van der Waals surface area contributed by atoms with Gasteiger partial charge in [0.2, 0.25) is 5.88 Å². The molecule has 1 unspecified atom stereocenters. The van der Waals surface area contributed by atoms with Gasteiger partial charge in [-0.05, 0) is 61.6 Å². The van der Waals surface area contributed by atoms with E-state index in [0.717, 1.165) is 23.1 Å². The van der Waals surface area contributed by atoms with Gasteiger partial charge in [-0.2, -0.15) is 4.68 Å². The molecule has 3 rings (SSSR count). The Morgan fingerprint density at radius 3 is 2.40 bits per heavy atom. The number of nitrogens with one attached hydrogen (secondary N) is 1. The molecule has 0 aliphatic heterocycles. The van der Waals surface area contributed by atoms with Crippen LogP contribution in [0, 0.1) is 13.8 Å². The van der Waals surface area contributed by atoms with Gasteiger partial charge in [-0.3, -0.25) is 9.59 Å². The third-order valence-corrected chi connectivity index (χ3v) is 5.08. The van der Waals surface area contributed by atoms with Gasteiger partial charge in [0, 0.05) is 18.7 Å². The zero-order chi connectivity index (χ0) is 21.7. The summed E-state index contributed by atoms with van der Waals surface area (Å²) in [5.74, 6) is -0.0388. The van der Waals surface area contributed by atoms with Crippen molar-refractivity contribution < 1.29 is 9.53 Å². The van der Waals surface area contributed by atoms with Crippen LogP contribution >= 0.6 is 0 Å². The van der Waals surface area contributed by atoms with Crippen molar-refractivity contribution >= 4 is 5.91 Å². The molecule has 156 valence electrons. The fourth-order valence-electron chi connectivity index (χ4n) is 2.96. The van der Waals surface area contributed by atoms with E-state index in [9.17, 15) is 9.59 Å². The first kappa shape index (κ1) is 21.3. The highest BCUT2D eigenvalue weighted by Gasteiger charge is 2.16. The van der Waals surface area contributed by atoms with Crippen LogP contribution in [0.25, 0.3) is 5.69 Å².